The lowest BCUT2D eigenvalue weighted by molar-refractivity contribution is -0.131. The first kappa shape index (κ1) is 12.4. The van der Waals surface area contributed by atoms with Crippen molar-refractivity contribution in [3.63, 3.8) is 0 Å². The van der Waals surface area contributed by atoms with Crippen molar-refractivity contribution in [1.82, 2.24) is 4.98 Å². The molecule has 0 saturated heterocycles. The van der Waals surface area contributed by atoms with E-state index in [-0.39, 0.29) is 12.4 Å². The molecular formula is C13H11F3N2. The molecule has 2 aromatic rings. The fraction of sp³-hybridized carbons (Fsp3) is 0.154. The van der Waals surface area contributed by atoms with Crippen LogP contribution in [0.25, 0.3) is 0 Å². The number of pyridine rings is 1. The van der Waals surface area contributed by atoms with E-state index in [2.05, 4.69) is 4.98 Å². The second-order valence-corrected chi connectivity index (χ2v) is 3.73. The smallest absolute Gasteiger partial charge is 0.263 e. The number of rotatable bonds is 3. The molecule has 0 spiro atoms. The van der Waals surface area contributed by atoms with E-state index in [1.807, 2.05) is 0 Å². The summed E-state index contributed by atoms with van der Waals surface area (Å²) in [5.41, 5.74) is 0.584. The summed E-state index contributed by atoms with van der Waals surface area (Å²) in [6.07, 6.45) is -3.11. The molecular weight excluding hydrogens is 243 g/mol. The monoisotopic (exact) mass is 254 g/mol. The van der Waals surface area contributed by atoms with Crippen LogP contribution in [0, 0.1) is 0 Å². The molecule has 0 aliphatic rings. The molecule has 0 amide bonds. The second-order valence-electron chi connectivity index (χ2n) is 3.73. The van der Waals surface area contributed by atoms with E-state index in [1.165, 1.54) is 18.3 Å². The molecule has 2 rings (SSSR count). The Kier molecular flexibility index (Phi) is 3.50. The Morgan fingerprint density at radius 3 is 2.17 bits per heavy atom. The predicted octanol–water partition coefficient (Wildman–Crippen LogP) is 3.61. The molecule has 2 nitrogen and oxygen atoms in total. The van der Waals surface area contributed by atoms with Crippen LogP contribution in [-0.2, 0) is 6.54 Å². The van der Waals surface area contributed by atoms with E-state index in [4.69, 9.17) is 0 Å². The van der Waals surface area contributed by atoms with E-state index in [9.17, 15) is 13.2 Å². The van der Waals surface area contributed by atoms with Gasteiger partial charge in [-0.25, -0.2) is 4.98 Å². The molecule has 0 N–H and O–H groups in total. The normalized spacial score (nSPS) is 11.3. The van der Waals surface area contributed by atoms with Gasteiger partial charge in [0.2, 0.25) is 0 Å². The van der Waals surface area contributed by atoms with Crippen LogP contribution in [0.3, 0.4) is 0 Å². The van der Waals surface area contributed by atoms with Gasteiger partial charge in [-0.15, -0.1) is 0 Å². The van der Waals surface area contributed by atoms with Crippen molar-refractivity contribution in [2.45, 2.75) is 12.8 Å². The van der Waals surface area contributed by atoms with Crippen molar-refractivity contribution in [3.05, 3.63) is 60.3 Å². The van der Waals surface area contributed by atoms with Gasteiger partial charge in [0, 0.05) is 6.20 Å². The molecule has 0 bridgehead atoms. The van der Waals surface area contributed by atoms with Gasteiger partial charge >= 0.3 is 6.30 Å². The third kappa shape index (κ3) is 3.00. The van der Waals surface area contributed by atoms with Crippen molar-refractivity contribution < 1.29 is 13.2 Å². The molecule has 5 heteroatoms. The maximum Gasteiger partial charge on any atom is 0.486 e. The number of aromatic nitrogens is 1. The quantitative estimate of drug-likeness (QED) is 0.778. The summed E-state index contributed by atoms with van der Waals surface area (Å²) in [6, 6.07) is 13.0. The van der Waals surface area contributed by atoms with Gasteiger partial charge in [-0.3, -0.25) is 4.90 Å². The van der Waals surface area contributed by atoms with Crippen LogP contribution in [0.4, 0.5) is 19.0 Å². The predicted molar refractivity (Wildman–Crippen MR) is 62.9 cm³/mol. The minimum atomic E-state index is -4.45. The van der Waals surface area contributed by atoms with Crippen LogP contribution in [0.15, 0.2) is 54.7 Å². The number of halogens is 3. The fourth-order valence-corrected chi connectivity index (χ4v) is 1.58. The number of hydrogen-bond acceptors (Lipinski definition) is 2. The summed E-state index contributed by atoms with van der Waals surface area (Å²) in [5, 5.41) is 0. The minimum Gasteiger partial charge on any atom is -0.263 e. The van der Waals surface area contributed by atoms with Crippen molar-refractivity contribution in [3.8, 4) is 0 Å². The average molecular weight is 254 g/mol. The van der Waals surface area contributed by atoms with Crippen LogP contribution >= 0.6 is 0 Å². The minimum absolute atomic E-state index is 0.103. The second kappa shape index (κ2) is 5.08. The largest absolute Gasteiger partial charge is 0.486 e. The van der Waals surface area contributed by atoms with Crippen molar-refractivity contribution in [2.75, 3.05) is 4.90 Å². The van der Waals surface area contributed by atoms with Crippen LogP contribution in [0.2, 0.25) is 0 Å². The highest BCUT2D eigenvalue weighted by Crippen LogP contribution is 2.28. The third-order valence-corrected chi connectivity index (χ3v) is 2.42. The zero-order chi connectivity index (χ0) is 13.0. The Balaban J connectivity index is 2.28. The zero-order valence-electron chi connectivity index (χ0n) is 9.43. The van der Waals surface area contributed by atoms with Gasteiger partial charge in [-0.1, -0.05) is 36.4 Å². The van der Waals surface area contributed by atoms with Crippen LogP contribution < -0.4 is 4.90 Å². The Bertz CT molecular complexity index is 483. The number of nitrogens with zero attached hydrogens (tertiary/aromatic N) is 2. The molecule has 0 atom stereocenters. The maximum atomic E-state index is 13.0. The SMILES string of the molecule is F[14C](F)(F)N(Cc1ccccc1)c1ccccn1. The summed E-state index contributed by atoms with van der Waals surface area (Å²) in [6.45, 7) is -0.249. The lowest BCUT2D eigenvalue weighted by Gasteiger charge is -2.25. The van der Waals surface area contributed by atoms with Gasteiger partial charge in [0.25, 0.3) is 0 Å². The summed E-state index contributed by atoms with van der Waals surface area (Å²) in [5.74, 6) is -0.103. The highest BCUT2D eigenvalue weighted by Gasteiger charge is 2.38. The first-order valence-corrected chi connectivity index (χ1v) is 5.37. The van der Waals surface area contributed by atoms with Crippen LogP contribution in [0.5, 0.6) is 0 Å². The van der Waals surface area contributed by atoms with E-state index >= 15 is 0 Å². The highest BCUT2D eigenvalue weighted by molar-refractivity contribution is 5.40. The number of alkyl halides is 3. The average Bonchev–Trinajstić information content (AvgIpc) is 2.37. The van der Waals surface area contributed by atoms with Crippen molar-refractivity contribution >= 4 is 5.82 Å². The van der Waals surface area contributed by atoms with Gasteiger partial charge in [0.15, 0.2) is 0 Å². The molecule has 1 heterocycles. The molecule has 94 valence electrons. The maximum absolute atomic E-state index is 13.0. The van der Waals surface area contributed by atoms with E-state index in [0.29, 0.717) is 10.5 Å². The zero-order valence-corrected chi connectivity index (χ0v) is 9.43. The van der Waals surface area contributed by atoms with Crippen molar-refractivity contribution in [1.29, 1.82) is 0 Å². The lowest BCUT2D eigenvalue weighted by Crippen LogP contribution is -2.38. The van der Waals surface area contributed by atoms with Crippen LogP contribution in [0.1, 0.15) is 5.56 Å². The van der Waals surface area contributed by atoms with Crippen molar-refractivity contribution in [2.24, 2.45) is 0 Å². The molecule has 0 aliphatic heterocycles. The summed E-state index contributed by atoms with van der Waals surface area (Å²) in [7, 11) is 0. The topological polar surface area (TPSA) is 16.1 Å². The third-order valence-electron chi connectivity index (χ3n) is 2.42. The van der Waals surface area contributed by atoms with E-state index in [0.717, 1.165) is 0 Å². The first-order chi connectivity index (χ1) is 8.57. The van der Waals surface area contributed by atoms with Crippen LogP contribution in [-0.4, -0.2) is 11.3 Å². The first-order valence-electron chi connectivity index (χ1n) is 5.37. The van der Waals surface area contributed by atoms with E-state index in [1.54, 1.807) is 36.4 Å². The Morgan fingerprint density at radius 2 is 1.61 bits per heavy atom. The standard InChI is InChI=1S/C13H11F3N2/c14-13(15,16)18(12-8-4-5-9-17-12)10-11-6-2-1-3-7-11/h1-9H,10H2/i13+2. The van der Waals surface area contributed by atoms with Gasteiger partial charge in [0.1, 0.15) is 5.82 Å². The molecule has 0 radical (unpaired) electrons. The molecule has 1 aromatic heterocycles. The number of benzene rings is 1. The fourth-order valence-electron chi connectivity index (χ4n) is 1.58. The Labute approximate surface area is 103 Å². The Hall–Kier alpha value is -2.04. The Morgan fingerprint density at radius 1 is 0.944 bits per heavy atom. The van der Waals surface area contributed by atoms with Gasteiger partial charge in [-0.05, 0) is 17.7 Å². The molecule has 0 unspecified atom stereocenters. The van der Waals surface area contributed by atoms with Gasteiger partial charge in [-0.2, -0.15) is 13.2 Å². The molecule has 18 heavy (non-hydrogen) atoms. The molecule has 0 saturated carbocycles. The molecule has 0 aliphatic carbocycles. The number of hydrogen-bond donors (Lipinski definition) is 0. The number of anilines is 1. The molecule has 0 fully saturated rings. The van der Waals surface area contributed by atoms with E-state index < -0.39 is 6.30 Å². The lowest BCUT2D eigenvalue weighted by atomic mass is 10.2. The summed E-state index contributed by atoms with van der Waals surface area (Å²) in [4.78, 5) is 4.07. The van der Waals surface area contributed by atoms with Gasteiger partial charge < -0.3 is 0 Å². The summed E-state index contributed by atoms with van der Waals surface area (Å²) < 4.78 is 38.9. The highest BCUT2D eigenvalue weighted by atomic mass is 19.6. The summed E-state index contributed by atoms with van der Waals surface area (Å²) >= 11 is 0. The molecule has 1 aromatic carbocycles. The van der Waals surface area contributed by atoms with Gasteiger partial charge in [0.05, 0.1) is 6.54 Å².